The van der Waals surface area contributed by atoms with E-state index in [9.17, 15) is 9.59 Å². The van der Waals surface area contributed by atoms with Gasteiger partial charge in [0.15, 0.2) is 16.1 Å². The first-order chi connectivity index (χ1) is 13.4. The van der Waals surface area contributed by atoms with Gasteiger partial charge in [0.1, 0.15) is 0 Å². The van der Waals surface area contributed by atoms with Crippen molar-refractivity contribution in [1.82, 2.24) is 25.1 Å². The number of carbonyl (C=O) groups is 2. The summed E-state index contributed by atoms with van der Waals surface area (Å²) in [4.78, 5) is 28.4. The molecular weight excluding hydrogens is 420 g/mol. The molecule has 0 atom stereocenters. The number of thiazole rings is 1. The lowest BCUT2D eigenvalue weighted by Crippen LogP contribution is -2.24. The lowest BCUT2D eigenvalue weighted by molar-refractivity contribution is -0.113. The number of aryl methyl sites for hydroxylation is 1. The van der Waals surface area contributed by atoms with Gasteiger partial charge in [-0.15, -0.1) is 21.5 Å². The van der Waals surface area contributed by atoms with Crippen LogP contribution in [0.15, 0.2) is 34.8 Å². The zero-order valence-corrected chi connectivity index (χ0v) is 17.5. The number of halogens is 1. The van der Waals surface area contributed by atoms with Gasteiger partial charge in [-0.3, -0.25) is 9.59 Å². The van der Waals surface area contributed by atoms with Crippen molar-refractivity contribution in [2.24, 2.45) is 7.05 Å². The van der Waals surface area contributed by atoms with Crippen molar-refractivity contribution >= 4 is 51.6 Å². The summed E-state index contributed by atoms with van der Waals surface area (Å²) >= 11 is 8.47. The molecule has 3 aromatic rings. The van der Waals surface area contributed by atoms with E-state index >= 15 is 0 Å². The Kier molecular flexibility index (Phi) is 6.65. The maximum absolute atomic E-state index is 12.2. The molecule has 0 unspecified atom stereocenters. The first-order valence-corrected chi connectivity index (χ1v) is 10.4. The molecular formula is C17H17ClN6O2S2. The highest BCUT2D eigenvalue weighted by Gasteiger charge is 2.13. The van der Waals surface area contributed by atoms with Crippen molar-refractivity contribution in [1.29, 1.82) is 0 Å². The first kappa shape index (κ1) is 20.3. The van der Waals surface area contributed by atoms with Gasteiger partial charge in [-0.05, 0) is 31.2 Å². The van der Waals surface area contributed by atoms with Gasteiger partial charge in [0.2, 0.25) is 5.91 Å². The zero-order valence-electron chi connectivity index (χ0n) is 15.1. The van der Waals surface area contributed by atoms with Gasteiger partial charge in [-0.1, -0.05) is 23.4 Å². The Bertz CT molecular complexity index is 986. The Morgan fingerprint density at radius 2 is 2.00 bits per heavy atom. The highest BCUT2D eigenvalue weighted by molar-refractivity contribution is 7.99. The summed E-state index contributed by atoms with van der Waals surface area (Å²) in [5, 5.41) is 17.3. The number of amides is 2. The van der Waals surface area contributed by atoms with Gasteiger partial charge in [-0.25, -0.2) is 4.98 Å². The molecule has 0 saturated carbocycles. The number of hydrogen-bond donors (Lipinski definition) is 2. The number of anilines is 1. The van der Waals surface area contributed by atoms with Crippen LogP contribution in [0.2, 0.25) is 5.02 Å². The van der Waals surface area contributed by atoms with Gasteiger partial charge < -0.3 is 15.2 Å². The van der Waals surface area contributed by atoms with Crippen molar-refractivity contribution in [3.05, 3.63) is 51.7 Å². The second-order valence-corrected chi connectivity index (χ2v) is 8.02. The van der Waals surface area contributed by atoms with Crippen LogP contribution in [0.4, 0.5) is 5.13 Å². The summed E-state index contributed by atoms with van der Waals surface area (Å²) in [7, 11) is 1.79. The minimum absolute atomic E-state index is 0.167. The van der Waals surface area contributed by atoms with E-state index in [4.69, 9.17) is 11.6 Å². The van der Waals surface area contributed by atoms with Gasteiger partial charge >= 0.3 is 0 Å². The predicted molar refractivity (Wildman–Crippen MR) is 110 cm³/mol. The van der Waals surface area contributed by atoms with Gasteiger partial charge in [0.05, 0.1) is 18.0 Å². The molecule has 2 amide bonds. The van der Waals surface area contributed by atoms with E-state index in [0.717, 1.165) is 5.69 Å². The van der Waals surface area contributed by atoms with Crippen LogP contribution in [0.3, 0.4) is 0 Å². The molecule has 0 fully saturated rings. The Morgan fingerprint density at radius 1 is 1.25 bits per heavy atom. The summed E-state index contributed by atoms with van der Waals surface area (Å²) in [5.41, 5.74) is 1.38. The molecule has 0 aliphatic heterocycles. The normalized spacial score (nSPS) is 10.7. The summed E-state index contributed by atoms with van der Waals surface area (Å²) in [6.45, 7) is 2.09. The average Bonchev–Trinajstić information content (AvgIpc) is 3.24. The van der Waals surface area contributed by atoms with Crippen molar-refractivity contribution < 1.29 is 9.59 Å². The number of carbonyl (C=O) groups excluding carboxylic acids is 2. The van der Waals surface area contributed by atoms with Crippen LogP contribution in [-0.2, 0) is 18.4 Å². The van der Waals surface area contributed by atoms with E-state index in [0.29, 0.717) is 26.7 Å². The second-order valence-electron chi connectivity index (χ2n) is 5.78. The fourth-order valence-corrected chi connectivity index (χ4v) is 3.74. The molecule has 0 saturated heterocycles. The number of benzene rings is 1. The fourth-order valence-electron chi connectivity index (χ4n) is 2.18. The van der Waals surface area contributed by atoms with Gasteiger partial charge in [0.25, 0.3) is 5.91 Å². The van der Waals surface area contributed by atoms with Crippen LogP contribution in [0.5, 0.6) is 0 Å². The largest absolute Gasteiger partial charge is 0.345 e. The molecule has 1 aromatic carbocycles. The van der Waals surface area contributed by atoms with Crippen molar-refractivity contribution in [2.45, 2.75) is 18.6 Å². The maximum atomic E-state index is 12.2. The van der Waals surface area contributed by atoms with E-state index in [1.54, 1.807) is 35.9 Å². The molecule has 8 nitrogen and oxygen atoms in total. The second kappa shape index (κ2) is 9.18. The minimum Gasteiger partial charge on any atom is -0.345 e. The lowest BCUT2D eigenvalue weighted by Gasteiger charge is -2.06. The van der Waals surface area contributed by atoms with Crippen molar-refractivity contribution in [2.75, 3.05) is 11.1 Å². The number of rotatable bonds is 7. The molecule has 0 bridgehead atoms. The highest BCUT2D eigenvalue weighted by Crippen LogP contribution is 2.18. The Balaban J connectivity index is 1.51. The van der Waals surface area contributed by atoms with Gasteiger partial charge in [0, 0.05) is 23.0 Å². The van der Waals surface area contributed by atoms with Crippen LogP contribution in [-0.4, -0.2) is 37.3 Å². The molecule has 2 aromatic heterocycles. The average molecular weight is 437 g/mol. The van der Waals surface area contributed by atoms with E-state index < -0.39 is 0 Å². The predicted octanol–water partition coefficient (Wildman–Crippen LogP) is 2.89. The van der Waals surface area contributed by atoms with E-state index in [-0.39, 0.29) is 24.1 Å². The molecule has 2 N–H and O–H groups in total. The topological polar surface area (TPSA) is 102 Å². The third-order valence-corrected chi connectivity index (χ3v) is 5.78. The van der Waals surface area contributed by atoms with Crippen LogP contribution in [0.1, 0.15) is 21.9 Å². The summed E-state index contributed by atoms with van der Waals surface area (Å²) in [6, 6.07) is 6.62. The van der Waals surface area contributed by atoms with Gasteiger partial charge in [-0.2, -0.15) is 0 Å². The highest BCUT2D eigenvalue weighted by atomic mass is 35.5. The third-order valence-electron chi connectivity index (χ3n) is 3.64. The molecule has 0 aliphatic rings. The molecule has 0 radical (unpaired) electrons. The molecule has 28 heavy (non-hydrogen) atoms. The molecule has 0 aliphatic carbocycles. The Morgan fingerprint density at radius 3 is 2.68 bits per heavy atom. The SMILES string of the molecule is Cc1csc(NC(=O)CSc2nnc(CNC(=O)c3ccc(Cl)cc3)n2C)n1. The number of thioether (sulfide) groups is 1. The quantitative estimate of drug-likeness (QED) is 0.552. The standard InChI is InChI=1S/C17H17ClN6O2S2/c1-10-8-27-16(20-10)21-14(25)9-28-17-23-22-13(24(17)2)7-19-15(26)11-3-5-12(18)6-4-11/h3-6,8H,7,9H2,1-2H3,(H,19,26)(H,20,21,25). The monoisotopic (exact) mass is 436 g/mol. The number of nitrogens with zero attached hydrogens (tertiary/aromatic N) is 4. The van der Waals surface area contributed by atoms with Crippen molar-refractivity contribution in [3.63, 3.8) is 0 Å². The lowest BCUT2D eigenvalue weighted by atomic mass is 10.2. The van der Waals surface area contributed by atoms with E-state index in [1.165, 1.54) is 23.1 Å². The van der Waals surface area contributed by atoms with Crippen LogP contribution >= 0.6 is 34.7 Å². The number of aromatic nitrogens is 4. The molecule has 0 spiro atoms. The third kappa shape index (κ3) is 5.31. The molecule has 146 valence electrons. The molecule has 2 heterocycles. The minimum atomic E-state index is -0.230. The molecule has 11 heteroatoms. The summed E-state index contributed by atoms with van der Waals surface area (Å²) < 4.78 is 1.74. The van der Waals surface area contributed by atoms with Crippen molar-refractivity contribution in [3.8, 4) is 0 Å². The summed E-state index contributed by atoms with van der Waals surface area (Å²) in [6.07, 6.45) is 0. The van der Waals surface area contributed by atoms with Crippen LogP contribution in [0, 0.1) is 6.92 Å². The zero-order chi connectivity index (χ0) is 20.1. The number of nitrogens with one attached hydrogen (secondary N) is 2. The fraction of sp³-hybridized carbons (Fsp3) is 0.235. The number of hydrogen-bond acceptors (Lipinski definition) is 7. The smallest absolute Gasteiger partial charge is 0.251 e. The maximum Gasteiger partial charge on any atom is 0.251 e. The van der Waals surface area contributed by atoms with Crippen LogP contribution in [0.25, 0.3) is 0 Å². The summed E-state index contributed by atoms with van der Waals surface area (Å²) in [5.74, 6) is 0.370. The Labute approximate surface area is 174 Å². The van der Waals surface area contributed by atoms with E-state index in [1.807, 2.05) is 12.3 Å². The molecule has 3 rings (SSSR count). The van der Waals surface area contributed by atoms with Crippen LogP contribution < -0.4 is 10.6 Å². The first-order valence-electron chi connectivity index (χ1n) is 8.19. The Hall–Kier alpha value is -2.43. The van der Waals surface area contributed by atoms with E-state index in [2.05, 4.69) is 25.8 Å².